The van der Waals surface area contributed by atoms with E-state index in [9.17, 15) is 13.2 Å². The van der Waals surface area contributed by atoms with Gasteiger partial charge in [0, 0.05) is 25.4 Å². The number of hydrogen-bond donors (Lipinski definition) is 0. The molecule has 0 fully saturated rings. The Kier molecular flexibility index (Phi) is 4.87. The summed E-state index contributed by atoms with van der Waals surface area (Å²) in [5, 5.41) is 4.64. The number of alkyl halides is 3. The highest BCUT2D eigenvalue weighted by atomic mass is 19.4. The molecule has 2 heterocycles. The molecule has 0 radical (unpaired) electrons. The van der Waals surface area contributed by atoms with Crippen LogP contribution in [0, 0.1) is 0 Å². The molecule has 0 aliphatic rings. The highest BCUT2D eigenvalue weighted by Gasteiger charge is 2.30. The maximum Gasteiger partial charge on any atom is 0.573 e. The van der Waals surface area contributed by atoms with Crippen LogP contribution in [0.3, 0.4) is 0 Å². The van der Waals surface area contributed by atoms with Crippen molar-refractivity contribution in [3.8, 4) is 22.8 Å². The summed E-state index contributed by atoms with van der Waals surface area (Å²) >= 11 is 0. The van der Waals surface area contributed by atoms with Gasteiger partial charge in [-0.2, -0.15) is 0 Å². The number of hydrogen-bond acceptors (Lipinski definition) is 5. The van der Waals surface area contributed by atoms with E-state index in [4.69, 9.17) is 9.26 Å². The maximum atomic E-state index is 12.3. The third kappa shape index (κ3) is 4.34. The molecule has 0 N–H and O–H groups in total. The fourth-order valence-electron chi connectivity index (χ4n) is 2.93. The predicted molar refractivity (Wildman–Crippen MR) is 98.5 cm³/mol. The van der Waals surface area contributed by atoms with Crippen molar-refractivity contribution in [2.24, 2.45) is 7.05 Å². The van der Waals surface area contributed by atoms with Gasteiger partial charge in [0.05, 0.1) is 18.3 Å². The minimum absolute atomic E-state index is 0.272. The van der Waals surface area contributed by atoms with Gasteiger partial charge in [0.25, 0.3) is 5.88 Å². The van der Waals surface area contributed by atoms with Gasteiger partial charge in [0.1, 0.15) is 5.75 Å². The lowest BCUT2D eigenvalue weighted by Gasteiger charge is -2.09. The van der Waals surface area contributed by atoms with Gasteiger partial charge >= 0.3 is 6.36 Å². The Hall–Kier alpha value is -3.49. The lowest BCUT2D eigenvalue weighted by atomic mass is 10.0. The van der Waals surface area contributed by atoms with Gasteiger partial charge in [0.2, 0.25) is 0 Å². The number of ether oxygens (including phenoxy) is 2. The second-order valence-corrected chi connectivity index (χ2v) is 6.37. The minimum Gasteiger partial charge on any atom is -0.475 e. The van der Waals surface area contributed by atoms with Gasteiger partial charge in [-0.1, -0.05) is 18.2 Å². The number of rotatable bonds is 6. The molecule has 0 spiro atoms. The topological polar surface area (TPSA) is 62.3 Å². The second kappa shape index (κ2) is 7.50. The average Bonchev–Trinajstić information content (AvgIpc) is 3.27. The van der Waals surface area contributed by atoms with E-state index in [0.29, 0.717) is 29.9 Å². The third-order valence-electron chi connectivity index (χ3n) is 4.37. The summed E-state index contributed by atoms with van der Waals surface area (Å²) in [5.74, 6) is 0.0903. The van der Waals surface area contributed by atoms with Gasteiger partial charge in [-0.15, -0.1) is 13.2 Å². The number of benzene rings is 2. The summed E-state index contributed by atoms with van der Waals surface area (Å²) in [6.45, 7) is 0.398. The van der Waals surface area contributed by atoms with Crippen LogP contribution in [0.2, 0.25) is 0 Å². The lowest BCUT2D eigenvalue weighted by molar-refractivity contribution is -0.274. The molecule has 6 nitrogen and oxygen atoms in total. The summed E-state index contributed by atoms with van der Waals surface area (Å²) in [6, 6.07) is 11.0. The number of aryl methyl sites for hydroxylation is 1. The van der Waals surface area contributed by atoms with Gasteiger partial charge in [-0.25, -0.2) is 4.98 Å². The summed E-state index contributed by atoms with van der Waals surface area (Å²) in [7, 11) is 1.91. The SMILES string of the molecule is Cn1cncc1CCOc1noc2ccc(-c3ccc(OC(F)(F)F)cc3)cc12. The zero-order valence-corrected chi connectivity index (χ0v) is 15.3. The molecule has 0 saturated carbocycles. The van der Waals surface area contributed by atoms with Gasteiger partial charge < -0.3 is 18.6 Å². The summed E-state index contributed by atoms with van der Waals surface area (Å²) in [6.07, 6.45) is -0.567. The van der Waals surface area contributed by atoms with Crippen LogP contribution in [0.4, 0.5) is 13.2 Å². The molecule has 0 unspecified atom stereocenters. The standard InChI is InChI=1S/C20H16F3N3O3/c1-26-12-24-11-15(26)8-9-27-19-17-10-14(4-7-18(17)29-25-19)13-2-5-16(6-3-13)28-20(21,22)23/h2-7,10-12H,8-9H2,1H3. The molecule has 2 aromatic carbocycles. The smallest absolute Gasteiger partial charge is 0.475 e. The fraction of sp³-hybridized carbons (Fsp3) is 0.200. The first-order chi connectivity index (χ1) is 13.9. The Balaban J connectivity index is 1.51. The normalized spacial score (nSPS) is 11.7. The number of nitrogens with zero attached hydrogens (tertiary/aromatic N) is 3. The first-order valence-corrected chi connectivity index (χ1v) is 8.73. The minimum atomic E-state index is -4.72. The molecule has 0 bridgehead atoms. The van der Waals surface area contributed by atoms with Crippen LogP contribution in [-0.4, -0.2) is 27.7 Å². The van der Waals surface area contributed by atoms with E-state index in [2.05, 4.69) is 14.9 Å². The van der Waals surface area contributed by atoms with E-state index in [1.54, 1.807) is 36.8 Å². The third-order valence-corrected chi connectivity index (χ3v) is 4.37. The van der Waals surface area contributed by atoms with E-state index in [1.165, 1.54) is 12.1 Å². The fourth-order valence-corrected chi connectivity index (χ4v) is 2.93. The van der Waals surface area contributed by atoms with Crippen molar-refractivity contribution in [3.05, 3.63) is 60.7 Å². The number of halogens is 3. The van der Waals surface area contributed by atoms with Crippen molar-refractivity contribution in [2.75, 3.05) is 6.61 Å². The molecule has 0 amide bonds. The molecular formula is C20H16F3N3O3. The quantitative estimate of drug-likeness (QED) is 0.465. The maximum absolute atomic E-state index is 12.3. The highest BCUT2D eigenvalue weighted by molar-refractivity contribution is 5.87. The van der Waals surface area contributed by atoms with Crippen molar-refractivity contribution >= 4 is 11.0 Å². The van der Waals surface area contributed by atoms with Gasteiger partial charge in [0.15, 0.2) is 5.58 Å². The van der Waals surface area contributed by atoms with Crippen molar-refractivity contribution in [1.29, 1.82) is 0 Å². The molecule has 0 aliphatic heterocycles. The average molecular weight is 403 g/mol. The Labute approximate surface area is 163 Å². The summed E-state index contributed by atoms with van der Waals surface area (Å²) in [5.41, 5.74) is 3.10. The molecule has 4 aromatic rings. The first kappa shape index (κ1) is 18.9. The molecule has 4 rings (SSSR count). The molecule has 0 saturated heterocycles. The molecule has 0 aliphatic carbocycles. The highest BCUT2D eigenvalue weighted by Crippen LogP contribution is 2.32. The van der Waals surface area contributed by atoms with E-state index in [0.717, 1.165) is 16.8 Å². The molecule has 2 aromatic heterocycles. The van der Waals surface area contributed by atoms with Crippen LogP contribution >= 0.6 is 0 Å². The molecule has 150 valence electrons. The zero-order chi connectivity index (χ0) is 20.4. The Morgan fingerprint density at radius 2 is 1.83 bits per heavy atom. The Morgan fingerprint density at radius 1 is 1.07 bits per heavy atom. The molecule has 29 heavy (non-hydrogen) atoms. The van der Waals surface area contributed by atoms with Crippen molar-refractivity contribution in [1.82, 2.24) is 14.7 Å². The van der Waals surface area contributed by atoms with Gasteiger partial charge in [-0.05, 0) is 40.5 Å². The zero-order valence-electron chi connectivity index (χ0n) is 15.3. The lowest BCUT2D eigenvalue weighted by Crippen LogP contribution is -2.16. The molecule has 9 heteroatoms. The molecule has 0 atom stereocenters. The van der Waals surface area contributed by atoms with Crippen LogP contribution in [0.5, 0.6) is 11.6 Å². The Bertz CT molecular complexity index is 1120. The van der Waals surface area contributed by atoms with Gasteiger partial charge in [-0.3, -0.25) is 0 Å². The summed E-state index contributed by atoms with van der Waals surface area (Å²) in [4.78, 5) is 4.06. The summed E-state index contributed by atoms with van der Waals surface area (Å²) < 4.78 is 53.8. The largest absolute Gasteiger partial charge is 0.573 e. The van der Waals surface area contributed by atoms with Crippen molar-refractivity contribution in [2.45, 2.75) is 12.8 Å². The monoisotopic (exact) mass is 403 g/mol. The Morgan fingerprint density at radius 3 is 2.52 bits per heavy atom. The van der Waals surface area contributed by atoms with Crippen molar-refractivity contribution in [3.63, 3.8) is 0 Å². The van der Waals surface area contributed by atoms with E-state index >= 15 is 0 Å². The van der Waals surface area contributed by atoms with Crippen molar-refractivity contribution < 1.29 is 27.2 Å². The number of imidazole rings is 1. The molecular weight excluding hydrogens is 387 g/mol. The van der Waals surface area contributed by atoms with E-state index in [-0.39, 0.29) is 5.75 Å². The second-order valence-electron chi connectivity index (χ2n) is 6.37. The van der Waals surface area contributed by atoms with E-state index in [1.807, 2.05) is 17.7 Å². The first-order valence-electron chi connectivity index (χ1n) is 8.73. The van der Waals surface area contributed by atoms with Crippen LogP contribution in [0.25, 0.3) is 22.1 Å². The van der Waals surface area contributed by atoms with Crippen LogP contribution < -0.4 is 9.47 Å². The van der Waals surface area contributed by atoms with Crippen LogP contribution in [0.15, 0.2) is 59.5 Å². The number of fused-ring (bicyclic) bond motifs is 1. The predicted octanol–water partition coefficient (Wildman–Crippen LogP) is 4.75. The van der Waals surface area contributed by atoms with Crippen LogP contribution in [0.1, 0.15) is 5.69 Å². The van der Waals surface area contributed by atoms with Crippen LogP contribution in [-0.2, 0) is 13.5 Å². The van der Waals surface area contributed by atoms with E-state index < -0.39 is 6.36 Å². The number of aromatic nitrogens is 3.